The molecule has 1 saturated heterocycles. The molecule has 1 aromatic rings. The fourth-order valence-corrected chi connectivity index (χ4v) is 5.09. The number of carbonyl (C=O) groups excluding carboxylic acids is 1. The van der Waals surface area contributed by atoms with Crippen molar-refractivity contribution in [3.05, 3.63) is 24.3 Å². The summed E-state index contributed by atoms with van der Waals surface area (Å²) in [4.78, 5) is 15.1. The first-order chi connectivity index (χ1) is 10.4. The van der Waals surface area contributed by atoms with E-state index in [9.17, 15) is 13.2 Å². The second-order valence-electron chi connectivity index (χ2n) is 5.45. The summed E-state index contributed by atoms with van der Waals surface area (Å²) >= 11 is 1.68. The van der Waals surface area contributed by atoms with Gasteiger partial charge in [-0.25, -0.2) is 8.42 Å². The lowest BCUT2D eigenvalue weighted by atomic mass is 10.2. The Bertz CT molecular complexity index is 631. The number of benzene rings is 1. The minimum Gasteiger partial charge on any atom is -0.324 e. The molecule has 5 nitrogen and oxygen atoms in total. The number of likely N-dealkylation sites (N-methyl/N-ethyl adjacent to an activating group) is 1. The maximum Gasteiger partial charge on any atom is 0.238 e. The summed E-state index contributed by atoms with van der Waals surface area (Å²) in [5.74, 6) is 1.20. The lowest BCUT2D eigenvalue weighted by molar-refractivity contribution is -0.117. The molecule has 0 bridgehead atoms. The molecule has 122 valence electrons. The van der Waals surface area contributed by atoms with E-state index in [4.69, 9.17) is 0 Å². The zero-order chi connectivity index (χ0) is 16.2. The number of hydrogen-bond acceptors (Lipinski definition) is 5. The monoisotopic (exact) mass is 342 g/mol. The number of carbonyl (C=O) groups is 1. The zero-order valence-electron chi connectivity index (χ0n) is 12.9. The Hall–Kier alpha value is -1.05. The number of rotatable bonds is 6. The van der Waals surface area contributed by atoms with Crippen LogP contribution in [0.15, 0.2) is 29.2 Å². The van der Waals surface area contributed by atoms with Gasteiger partial charge < -0.3 is 5.32 Å². The largest absolute Gasteiger partial charge is 0.324 e. The highest BCUT2D eigenvalue weighted by Gasteiger charge is 2.31. The topological polar surface area (TPSA) is 66.5 Å². The molecule has 1 atom stereocenters. The molecule has 22 heavy (non-hydrogen) atoms. The van der Waals surface area contributed by atoms with Gasteiger partial charge in [0.25, 0.3) is 0 Å². The van der Waals surface area contributed by atoms with Gasteiger partial charge in [0.2, 0.25) is 5.91 Å². The van der Waals surface area contributed by atoms with Gasteiger partial charge in [0.15, 0.2) is 9.84 Å². The molecule has 0 radical (unpaired) electrons. The van der Waals surface area contributed by atoms with Crippen LogP contribution in [0, 0.1) is 0 Å². The number of nitrogens with zero attached hydrogens (tertiary/aromatic N) is 1. The van der Waals surface area contributed by atoms with E-state index in [2.05, 4.69) is 12.2 Å². The summed E-state index contributed by atoms with van der Waals surface area (Å²) in [7, 11) is -1.12. The molecule has 1 heterocycles. The second-order valence-corrected chi connectivity index (χ2v) is 8.98. The Kier molecular flexibility index (Phi) is 5.88. The maximum atomic E-state index is 12.2. The number of sulfone groups is 1. The highest BCUT2D eigenvalue weighted by atomic mass is 32.2. The van der Waals surface area contributed by atoms with Crippen molar-refractivity contribution in [3.8, 4) is 0 Å². The molecule has 2 rings (SSSR count). The first kappa shape index (κ1) is 17.3. The van der Waals surface area contributed by atoms with E-state index in [0.29, 0.717) is 6.42 Å². The first-order valence-electron chi connectivity index (χ1n) is 7.33. The molecule has 0 aromatic heterocycles. The van der Waals surface area contributed by atoms with E-state index in [0.717, 1.165) is 16.3 Å². The van der Waals surface area contributed by atoms with Crippen molar-refractivity contribution >= 4 is 33.2 Å². The van der Waals surface area contributed by atoms with Crippen LogP contribution in [0.4, 0.5) is 5.69 Å². The lowest BCUT2D eigenvalue weighted by Gasteiger charge is -2.22. The minimum absolute atomic E-state index is 0.0592. The van der Waals surface area contributed by atoms with Crippen LogP contribution in [-0.4, -0.2) is 56.1 Å². The molecule has 1 aliphatic rings. The van der Waals surface area contributed by atoms with Gasteiger partial charge >= 0.3 is 0 Å². The van der Waals surface area contributed by atoms with Crippen LogP contribution in [0.1, 0.15) is 13.3 Å². The highest BCUT2D eigenvalue weighted by molar-refractivity contribution is 7.99. The van der Waals surface area contributed by atoms with Crippen molar-refractivity contribution in [2.24, 2.45) is 0 Å². The molecule has 1 fully saturated rings. The van der Waals surface area contributed by atoms with Crippen LogP contribution in [-0.2, 0) is 14.6 Å². The summed E-state index contributed by atoms with van der Waals surface area (Å²) in [5, 5.41) is 2.92. The third-order valence-electron chi connectivity index (χ3n) is 3.69. The van der Waals surface area contributed by atoms with Crippen molar-refractivity contribution in [1.29, 1.82) is 0 Å². The zero-order valence-corrected chi connectivity index (χ0v) is 14.5. The van der Waals surface area contributed by atoms with E-state index < -0.39 is 9.84 Å². The van der Waals surface area contributed by atoms with E-state index in [1.165, 1.54) is 0 Å². The summed E-state index contributed by atoms with van der Waals surface area (Å²) in [5.41, 5.74) is 0.812. The quantitative estimate of drug-likeness (QED) is 0.799. The van der Waals surface area contributed by atoms with Gasteiger partial charge in [-0.05, 0) is 31.4 Å². The number of hydrogen-bond donors (Lipinski definition) is 1. The SMILES string of the molecule is CCSc1ccccc1NC(=O)CN(C)C1CCS(=O)(=O)C1. The van der Waals surface area contributed by atoms with Crippen molar-refractivity contribution in [2.75, 3.05) is 36.2 Å². The predicted molar refractivity (Wildman–Crippen MR) is 91.2 cm³/mol. The molecule has 1 aromatic carbocycles. The van der Waals surface area contributed by atoms with Crippen molar-refractivity contribution in [1.82, 2.24) is 4.90 Å². The molecule has 1 N–H and O–H groups in total. The number of thioether (sulfide) groups is 1. The third kappa shape index (κ3) is 4.72. The molecule has 0 spiro atoms. The average Bonchev–Trinajstić information content (AvgIpc) is 2.81. The van der Waals surface area contributed by atoms with E-state index in [1.807, 2.05) is 29.2 Å². The fraction of sp³-hybridized carbons (Fsp3) is 0.533. The van der Waals surface area contributed by atoms with Gasteiger partial charge in [-0.15, -0.1) is 11.8 Å². The van der Waals surface area contributed by atoms with Crippen LogP contribution in [0.25, 0.3) is 0 Å². The number of anilines is 1. The maximum absolute atomic E-state index is 12.2. The smallest absolute Gasteiger partial charge is 0.238 e. The summed E-state index contributed by atoms with van der Waals surface area (Å²) in [6.45, 7) is 2.27. The standard InChI is InChI=1S/C15H22N2O3S2/c1-3-21-14-7-5-4-6-13(14)16-15(18)10-17(2)12-8-9-22(19,20)11-12/h4-7,12H,3,8-11H2,1-2H3,(H,16,18). The molecule has 0 saturated carbocycles. The van der Waals surface area contributed by atoms with Crippen LogP contribution in [0.5, 0.6) is 0 Å². The highest BCUT2D eigenvalue weighted by Crippen LogP contribution is 2.26. The summed E-state index contributed by atoms with van der Waals surface area (Å²) in [6, 6.07) is 7.65. The van der Waals surface area contributed by atoms with Gasteiger partial charge in [-0.3, -0.25) is 9.69 Å². The van der Waals surface area contributed by atoms with Gasteiger partial charge in [-0.1, -0.05) is 19.1 Å². The average molecular weight is 342 g/mol. The molecule has 1 aliphatic heterocycles. The third-order valence-corrected chi connectivity index (χ3v) is 6.39. The second kappa shape index (κ2) is 7.48. The van der Waals surface area contributed by atoms with Crippen LogP contribution < -0.4 is 5.32 Å². The van der Waals surface area contributed by atoms with Gasteiger partial charge in [0.05, 0.1) is 23.7 Å². The first-order valence-corrected chi connectivity index (χ1v) is 10.1. The van der Waals surface area contributed by atoms with Crippen LogP contribution in [0.2, 0.25) is 0 Å². The Morgan fingerprint density at radius 3 is 2.77 bits per heavy atom. The van der Waals surface area contributed by atoms with Crippen LogP contribution in [0.3, 0.4) is 0 Å². The predicted octanol–water partition coefficient (Wildman–Crippen LogP) is 1.86. The summed E-state index contributed by atoms with van der Waals surface area (Å²) < 4.78 is 23.0. The van der Waals surface area contributed by atoms with E-state index in [-0.39, 0.29) is 30.0 Å². The molecular weight excluding hydrogens is 320 g/mol. The Morgan fingerprint density at radius 1 is 1.41 bits per heavy atom. The molecule has 7 heteroatoms. The van der Waals surface area contributed by atoms with Gasteiger partial charge in [0, 0.05) is 10.9 Å². The summed E-state index contributed by atoms with van der Waals surface area (Å²) in [6.07, 6.45) is 0.606. The number of para-hydroxylation sites is 1. The Morgan fingerprint density at radius 2 is 2.14 bits per heavy atom. The fourth-order valence-electron chi connectivity index (χ4n) is 2.52. The number of nitrogens with one attached hydrogen (secondary N) is 1. The number of amides is 1. The van der Waals surface area contributed by atoms with Crippen molar-refractivity contribution < 1.29 is 13.2 Å². The minimum atomic E-state index is -2.93. The normalized spacial score (nSPS) is 20.2. The molecule has 1 amide bonds. The van der Waals surface area contributed by atoms with Crippen molar-refractivity contribution in [3.63, 3.8) is 0 Å². The van der Waals surface area contributed by atoms with Gasteiger partial charge in [-0.2, -0.15) is 0 Å². The lowest BCUT2D eigenvalue weighted by Crippen LogP contribution is -2.38. The van der Waals surface area contributed by atoms with Crippen molar-refractivity contribution in [2.45, 2.75) is 24.3 Å². The van der Waals surface area contributed by atoms with Crippen LogP contribution >= 0.6 is 11.8 Å². The molecule has 1 unspecified atom stereocenters. The Labute approximate surface area is 136 Å². The van der Waals surface area contributed by atoms with Gasteiger partial charge in [0.1, 0.15) is 0 Å². The Balaban J connectivity index is 1.93. The van der Waals surface area contributed by atoms with E-state index >= 15 is 0 Å². The molecule has 0 aliphatic carbocycles. The van der Waals surface area contributed by atoms with E-state index in [1.54, 1.807) is 18.8 Å². The molecular formula is C15H22N2O3S2.